The Labute approximate surface area is 144 Å². The molecule has 0 spiro atoms. The Morgan fingerprint density at radius 2 is 1.30 bits per heavy atom. The SMILES string of the molecule is CCCCCCCCCCCCCCCC(CC)c1ncn[nH]1. The third-order valence-electron chi connectivity index (χ3n) is 4.97. The zero-order valence-corrected chi connectivity index (χ0v) is 15.7. The number of hydrogen-bond acceptors (Lipinski definition) is 2. The van der Waals surface area contributed by atoms with Gasteiger partial charge in [-0.3, -0.25) is 5.10 Å². The lowest BCUT2D eigenvalue weighted by Gasteiger charge is -2.11. The highest BCUT2D eigenvalue weighted by atomic mass is 15.2. The highest BCUT2D eigenvalue weighted by Crippen LogP contribution is 2.22. The van der Waals surface area contributed by atoms with Gasteiger partial charge < -0.3 is 0 Å². The fourth-order valence-electron chi connectivity index (χ4n) is 3.35. The van der Waals surface area contributed by atoms with Crippen LogP contribution in [0.1, 0.15) is 122 Å². The molecule has 1 N–H and O–H groups in total. The van der Waals surface area contributed by atoms with Gasteiger partial charge in [0.2, 0.25) is 0 Å². The van der Waals surface area contributed by atoms with Crippen LogP contribution >= 0.6 is 0 Å². The first-order chi connectivity index (χ1) is 11.4. The van der Waals surface area contributed by atoms with Crippen molar-refractivity contribution in [2.75, 3.05) is 0 Å². The van der Waals surface area contributed by atoms with Gasteiger partial charge >= 0.3 is 0 Å². The number of unbranched alkanes of at least 4 members (excludes halogenated alkanes) is 12. The number of nitrogens with zero attached hydrogens (tertiary/aromatic N) is 2. The van der Waals surface area contributed by atoms with Crippen LogP contribution in [0.5, 0.6) is 0 Å². The number of H-pyrrole nitrogens is 1. The molecular weight excluding hydrogens is 282 g/mol. The molecule has 3 nitrogen and oxygen atoms in total. The van der Waals surface area contributed by atoms with Crippen LogP contribution in [0, 0.1) is 0 Å². The summed E-state index contributed by atoms with van der Waals surface area (Å²) >= 11 is 0. The Kier molecular flexibility index (Phi) is 12.9. The molecule has 23 heavy (non-hydrogen) atoms. The van der Waals surface area contributed by atoms with Gasteiger partial charge in [-0.15, -0.1) is 0 Å². The van der Waals surface area contributed by atoms with Crippen molar-refractivity contribution < 1.29 is 0 Å². The van der Waals surface area contributed by atoms with Crippen LogP contribution in [0.2, 0.25) is 0 Å². The zero-order chi connectivity index (χ0) is 16.6. The number of aromatic amines is 1. The summed E-state index contributed by atoms with van der Waals surface area (Å²) in [5.41, 5.74) is 0. The molecule has 0 bridgehead atoms. The zero-order valence-electron chi connectivity index (χ0n) is 15.7. The Morgan fingerprint density at radius 3 is 1.74 bits per heavy atom. The van der Waals surface area contributed by atoms with Crippen molar-refractivity contribution in [3.63, 3.8) is 0 Å². The van der Waals surface area contributed by atoms with Crippen LogP contribution in [0.25, 0.3) is 0 Å². The summed E-state index contributed by atoms with van der Waals surface area (Å²) in [6.07, 6.45) is 22.5. The minimum atomic E-state index is 0.574. The third kappa shape index (κ3) is 10.5. The summed E-state index contributed by atoms with van der Waals surface area (Å²) in [5, 5.41) is 6.99. The molecule has 0 saturated carbocycles. The first-order valence-electron chi connectivity index (χ1n) is 10.2. The van der Waals surface area contributed by atoms with Gasteiger partial charge in [-0.1, -0.05) is 97.3 Å². The maximum absolute atomic E-state index is 4.30. The van der Waals surface area contributed by atoms with Crippen molar-refractivity contribution >= 4 is 0 Å². The Balaban J connectivity index is 1.83. The molecule has 0 aliphatic carbocycles. The van der Waals surface area contributed by atoms with Crippen molar-refractivity contribution in [1.29, 1.82) is 0 Å². The van der Waals surface area contributed by atoms with Gasteiger partial charge in [-0.25, -0.2) is 4.98 Å². The van der Waals surface area contributed by atoms with E-state index >= 15 is 0 Å². The molecule has 1 rings (SSSR count). The van der Waals surface area contributed by atoms with E-state index in [9.17, 15) is 0 Å². The van der Waals surface area contributed by atoms with Crippen LogP contribution in [0.15, 0.2) is 6.33 Å². The normalized spacial score (nSPS) is 12.6. The molecule has 1 aromatic rings. The largest absolute Gasteiger partial charge is 0.263 e. The molecule has 0 radical (unpaired) electrons. The van der Waals surface area contributed by atoms with Crippen molar-refractivity contribution in [2.24, 2.45) is 0 Å². The predicted molar refractivity (Wildman–Crippen MR) is 99.7 cm³/mol. The average molecular weight is 322 g/mol. The van der Waals surface area contributed by atoms with Gasteiger partial charge in [0, 0.05) is 5.92 Å². The van der Waals surface area contributed by atoms with E-state index in [1.54, 1.807) is 6.33 Å². The Morgan fingerprint density at radius 1 is 0.783 bits per heavy atom. The lowest BCUT2D eigenvalue weighted by molar-refractivity contribution is 0.504. The second-order valence-electron chi connectivity index (χ2n) is 7.01. The van der Waals surface area contributed by atoms with E-state index < -0.39 is 0 Å². The van der Waals surface area contributed by atoms with Crippen LogP contribution < -0.4 is 0 Å². The third-order valence-corrected chi connectivity index (χ3v) is 4.97. The quantitative estimate of drug-likeness (QED) is 0.341. The van der Waals surface area contributed by atoms with Crippen LogP contribution in [-0.2, 0) is 0 Å². The summed E-state index contributed by atoms with van der Waals surface area (Å²) in [4.78, 5) is 4.30. The molecule has 0 saturated heterocycles. The highest BCUT2D eigenvalue weighted by Gasteiger charge is 2.11. The second kappa shape index (κ2) is 14.7. The van der Waals surface area contributed by atoms with Crippen molar-refractivity contribution in [1.82, 2.24) is 15.2 Å². The minimum absolute atomic E-state index is 0.574. The maximum atomic E-state index is 4.30. The number of nitrogens with one attached hydrogen (secondary N) is 1. The van der Waals surface area contributed by atoms with Gasteiger partial charge in [0.05, 0.1) is 0 Å². The summed E-state index contributed by atoms with van der Waals surface area (Å²) < 4.78 is 0. The van der Waals surface area contributed by atoms with E-state index in [2.05, 4.69) is 29.0 Å². The lowest BCUT2D eigenvalue weighted by atomic mass is 9.97. The van der Waals surface area contributed by atoms with Crippen molar-refractivity contribution in [2.45, 2.75) is 116 Å². The Hall–Kier alpha value is -0.860. The van der Waals surface area contributed by atoms with E-state index in [0.29, 0.717) is 5.92 Å². The van der Waals surface area contributed by atoms with Gasteiger partial charge in [0.15, 0.2) is 0 Å². The molecule has 0 aliphatic heterocycles. The van der Waals surface area contributed by atoms with Gasteiger partial charge in [0.1, 0.15) is 12.2 Å². The predicted octanol–water partition coefficient (Wildman–Crippen LogP) is 6.78. The maximum Gasteiger partial charge on any atom is 0.137 e. The van der Waals surface area contributed by atoms with Gasteiger partial charge in [0.25, 0.3) is 0 Å². The standard InChI is InChI=1S/C20H39N3/c1-3-5-6-7-8-9-10-11-12-13-14-15-16-17-19(4-2)20-21-18-22-23-20/h18-19H,3-17H2,1-2H3,(H,21,22,23). The van der Waals surface area contributed by atoms with Crippen LogP contribution in [0.4, 0.5) is 0 Å². The lowest BCUT2D eigenvalue weighted by Crippen LogP contribution is -2.00. The van der Waals surface area contributed by atoms with E-state index in [-0.39, 0.29) is 0 Å². The highest BCUT2D eigenvalue weighted by molar-refractivity contribution is 4.91. The molecule has 134 valence electrons. The van der Waals surface area contributed by atoms with Crippen LogP contribution in [-0.4, -0.2) is 15.2 Å². The molecule has 3 heteroatoms. The summed E-state index contributed by atoms with van der Waals surface area (Å²) in [6, 6.07) is 0. The molecule has 0 aliphatic rings. The van der Waals surface area contributed by atoms with Gasteiger partial charge in [-0.2, -0.15) is 5.10 Å². The Bertz CT molecular complexity index is 335. The number of hydrogen-bond donors (Lipinski definition) is 1. The first kappa shape index (κ1) is 20.2. The smallest absolute Gasteiger partial charge is 0.137 e. The minimum Gasteiger partial charge on any atom is -0.263 e. The van der Waals surface area contributed by atoms with E-state index in [0.717, 1.165) is 12.2 Å². The molecule has 0 aromatic carbocycles. The van der Waals surface area contributed by atoms with E-state index in [1.807, 2.05) is 0 Å². The van der Waals surface area contributed by atoms with Crippen molar-refractivity contribution in [3.05, 3.63) is 12.2 Å². The first-order valence-corrected chi connectivity index (χ1v) is 10.2. The molecule has 0 amide bonds. The average Bonchev–Trinajstić information content (AvgIpc) is 3.09. The summed E-state index contributed by atoms with van der Waals surface area (Å²) in [6.45, 7) is 4.53. The fourth-order valence-corrected chi connectivity index (χ4v) is 3.35. The number of aromatic nitrogens is 3. The summed E-state index contributed by atoms with van der Waals surface area (Å²) in [7, 11) is 0. The van der Waals surface area contributed by atoms with E-state index in [1.165, 1.54) is 89.9 Å². The summed E-state index contributed by atoms with van der Waals surface area (Å²) in [5.74, 6) is 1.65. The monoisotopic (exact) mass is 321 g/mol. The molecule has 1 aromatic heterocycles. The van der Waals surface area contributed by atoms with Crippen molar-refractivity contribution in [3.8, 4) is 0 Å². The van der Waals surface area contributed by atoms with Gasteiger partial charge in [-0.05, 0) is 12.8 Å². The molecular formula is C20H39N3. The van der Waals surface area contributed by atoms with Crippen LogP contribution in [0.3, 0.4) is 0 Å². The van der Waals surface area contributed by atoms with E-state index in [4.69, 9.17) is 0 Å². The fraction of sp³-hybridized carbons (Fsp3) is 0.900. The number of rotatable bonds is 16. The molecule has 1 unspecified atom stereocenters. The second-order valence-corrected chi connectivity index (χ2v) is 7.01. The molecule has 1 heterocycles. The topological polar surface area (TPSA) is 41.6 Å². The molecule has 0 fully saturated rings. The molecule has 1 atom stereocenters.